The lowest BCUT2D eigenvalue weighted by molar-refractivity contribution is 0.183. The van der Waals surface area contributed by atoms with E-state index in [2.05, 4.69) is 32.8 Å². The van der Waals surface area contributed by atoms with E-state index in [1.54, 1.807) is 0 Å². The fourth-order valence-electron chi connectivity index (χ4n) is 1.96. The number of hydrogen-bond acceptors (Lipinski definition) is 4. The summed E-state index contributed by atoms with van der Waals surface area (Å²) < 4.78 is 6.91. The number of aryl methyl sites for hydroxylation is 1. The van der Waals surface area contributed by atoms with Gasteiger partial charge in [0, 0.05) is 13.6 Å². The molecule has 0 aromatic carbocycles. The maximum Gasteiger partial charge on any atom is 0.228 e. The zero-order chi connectivity index (χ0) is 15.2. The van der Waals surface area contributed by atoms with Gasteiger partial charge in [0.2, 0.25) is 5.88 Å². The molecule has 0 radical (unpaired) electrons. The molecule has 1 saturated heterocycles. The molecule has 1 aliphatic rings. The lowest BCUT2D eigenvalue weighted by Crippen LogP contribution is -2.22. The normalized spacial score (nSPS) is 16.4. The smallest absolute Gasteiger partial charge is 0.228 e. The summed E-state index contributed by atoms with van der Waals surface area (Å²) in [4.78, 5) is 11.1. The maximum absolute atomic E-state index is 6.04. The van der Waals surface area contributed by atoms with Gasteiger partial charge in [0.15, 0.2) is 0 Å². The number of ether oxygens (including phenoxy) is 1. The second-order valence-corrected chi connectivity index (χ2v) is 7.21. The Hall–Kier alpha value is -0.750. The minimum absolute atomic E-state index is 0.287. The Labute approximate surface area is 139 Å². The number of pyridine rings is 1. The molecule has 1 aliphatic heterocycles. The minimum Gasteiger partial charge on any atom is -0.473 e. The first kappa shape index (κ1) is 16.6. The van der Waals surface area contributed by atoms with E-state index < -0.39 is 0 Å². The lowest BCUT2D eigenvalue weighted by Gasteiger charge is -2.23. The summed E-state index contributed by atoms with van der Waals surface area (Å²) in [7, 11) is 2.00. The van der Waals surface area contributed by atoms with E-state index in [1.165, 1.54) is 11.5 Å². The molecule has 4 nitrogen and oxygen atoms in total. The molecule has 2 rings (SSSR count). The van der Waals surface area contributed by atoms with Crippen LogP contribution in [0, 0.1) is 6.92 Å². The highest BCUT2D eigenvalue weighted by Gasteiger charge is 2.18. The Balaban J connectivity index is 2.10. The molecule has 0 atom stereocenters. The number of thioether (sulfide) groups is 1. The van der Waals surface area contributed by atoms with Crippen molar-refractivity contribution in [3.8, 4) is 5.88 Å². The summed E-state index contributed by atoms with van der Waals surface area (Å²) in [5.41, 5.74) is 1.76. The third-order valence-electron chi connectivity index (χ3n) is 3.45. The molecule has 21 heavy (non-hydrogen) atoms. The van der Waals surface area contributed by atoms with Crippen molar-refractivity contribution in [3.63, 3.8) is 0 Å². The molecule has 0 unspecified atom stereocenters. The summed E-state index contributed by atoms with van der Waals surface area (Å²) in [6, 6.07) is 1.98. The average Bonchev–Trinajstić information content (AvgIpc) is 2.50. The first-order valence-corrected chi connectivity index (χ1v) is 9.21. The summed E-state index contributed by atoms with van der Waals surface area (Å²) in [5.74, 6) is 3.03. The van der Waals surface area contributed by atoms with Gasteiger partial charge in [-0.3, -0.25) is 0 Å². The van der Waals surface area contributed by atoms with Crippen molar-refractivity contribution in [2.24, 2.45) is 4.99 Å². The van der Waals surface area contributed by atoms with Crippen LogP contribution in [0.2, 0.25) is 0 Å². The summed E-state index contributed by atoms with van der Waals surface area (Å²) >= 11 is 5.55. The van der Waals surface area contributed by atoms with Crippen LogP contribution in [0.3, 0.4) is 0 Å². The second-order valence-electron chi connectivity index (χ2n) is 5.13. The van der Waals surface area contributed by atoms with Crippen molar-refractivity contribution in [1.82, 2.24) is 9.88 Å². The number of rotatable bonds is 5. The van der Waals surface area contributed by atoms with Crippen LogP contribution in [-0.4, -0.2) is 47.4 Å². The van der Waals surface area contributed by atoms with Gasteiger partial charge in [-0.15, -0.1) is 0 Å². The number of halogens is 1. The standard InChI is InChI=1S/C15H22BrN3OS/c1-4-19(3)10-17-14-9-13(16)15(18-11(14)2)20-12-5-7-21-8-6-12/h9-10,12H,4-8H2,1-3H3. The Morgan fingerprint density at radius 3 is 2.90 bits per heavy atom. The predicted octanol–water partition coefficient (Wildman–Crippen LogP) is 4.04. The fourth-order valence-corrected chi connectivity index (χ4v) is 3.42. The van der Waals surface area contributed by atoms with Gasteiger partial charge >= 0.3 is 0 Å². The van der Waals surface area contributed by atoms with Gasteiger partial charge in [-0.05, 0) is 60.2 Å². The molecule has 0 saturated carbocycles. The maximum atomic E-state index is 6.04. The van der Waals surface area contributed by atoms with Gasteiger partial charge in [-0.25, -0.2) is 9.98 Å². The molecule has 0 N–H and O–H groups in total. The lowest BCUT2D eigenvalue weighted by atomic mass is 10.2. The van der Waals surface area contributed by atoms with Gasteiger partial charge in [0.1, 0.15) is 6.10 Å². The monoisotopic (exact) mass is 371 g/mol. The van der Waals surface area contributed by atoms with Crippen molar-refractivity contribution in [3.05, 3.63) is 16.2 Å². The molecule has 0 spiro atoms. The van der Waals surface area contributed by atoms with Crippen molar-refractivity contribution < 1.29 is 4.74 Å². The van der Waals surface area contributed by atoms with E-state index in [9.17, 15) is 0 Å². The van der Waals surface area contributed by atoms with Crippen LogP contribution in [0.15, 0.2) is 15.5 Å². The zero-order valence-corrected chi connectivity index (χ0v) is 15.2. The van der Waals surface area contributed by atoms with E-state index >= 15 is 0 Å². The van der Waals surface area contributed by atoms with Crippen LogP contribution in [0.5, 0.6) is 5.88 Å². The quantitative estimate of drug-likeness (QED) is 0.578. The molecule has 116 valence electrons. The van der Waals surface area contributed by atoms with Gasteiger partial charge in [0.05, 0.1) is 22.2 Å². The van der Waals surface area contributed by atoms with Crippen molar-refractivity contribution in [2.45, 2.75) is 32.8 Å². The number of nitrogens with zero attached hydrogens (tertiary/aromatic N) is 3. The summed E-state index contributed by atoms with van der Waals surface area (Å²) in [6.07, 6.45) is 4.31. The molecule has 1 fully saturated rings. The van der Waals surface area contributed by atoms with Crippen LogP contribution in [0.25, 0.3) is 0 Å². The molecule has 0 aliphatic carbocycles. The van der Waals surface area contributed by atoms with E-state index in [0.717, 1.165) is 35.2 Å². The van der Waals surface area contributed by atoms with E-state index in [4.69, 9.17) is 4.74 Å². The fraction of sp³-hybridized carbons (Fsp3) is 0.600. The molecule has 1 aromatic heterocycles. The molecule has 2 heterocycles. The van der Waals surface area contributed by atoms with E-state index in [-0.39, 0.29) is 6.10 Å². The molecule has 0 bridgehead atoms. The highest BCUT2D eigenvalue weighted by molar-refractivity contribution is 9.10. The third kappa shape index (κ3) is 4.88. The first-order valence-electron chi connectivity index (χ1n) is 7.26. The average molecular weight is 372 g/mol. The Bertz CT molecular complexity index is 504. The van der Waals surface area contributed by atoms with Crippen LogP contribution >= 0.6 is 27.7 Å². The van der Waals surface area contributed by atoms with E-state index in [1.807, 2.05) is 43.0 Å². The predicted molar refractivity (Wildman–Crippen MR) is 94.1 cm³/mol. The van der Waals surface area contributed by atoms with E-state index in [0.29, 0.717) is 5.88 Å². The van der Waals surface area contributed by atoms with Crippen molar-refractivity contribution in [2.75, 3.05) is 25.1 Å². The zero-order valence-electron chi connectivity index (χ0n) is 12.8. The van der Waals surface area contributed by atoms with Crippen LogP contribution in [0.4, 0.5) is 5.69 Å². The van der Waals surface area contributed by atoms with Gasteiger partial charge < -0.3 is 9.64 Å². The largest absolute Gasteiger partial charge is 0.473 e. The summed E-state index contributed by atoms with van der Waals surface area (Å²) in [6.45, 7) is 4.99. The Kier molecular flexibility index (Phi) is 6.36. The second kappa shape index (κ2) is 8.03. The SMILES string of the molecule is CCN(C)C=Nc1cc(Br)c(OC2CCSCC2)nc1C. The Morgan fingerprint density at radius 1 is 1.52 bits per heavy atom. The minimum atomic E-state index is 0.287. The molecular formula is C15H22BrN3OS. The molecule has 0 amide bonds. The highest BCUT2D eigenvalue weighted by Crippen LogP contribution is 2.32. The van der Waals surface area contributed by atoms with Crippen molar-refractivity contribution >= 4 is 39.7 Å². The first-order chi connectivity index (χ1) is 10.1. The number of hydrogen-bond donors (Lipinski definition) is 0. The molecule has 1 aromatic rings. The molecule has 6 heteroatoms. The van der Waals surface area contributed by atoms with Gasteiger partial charge in [-0.2, -0.15) is 11.8 Å². The Morgan fingerprint density at radius 2 is 2.24 bits per heavy atom. The number of aromatic nitrogens is 1. The van der Waals surface area contributed by atoms with Crippen LogP contribution in [-0.2, 0) is 0 Å². The van der Waals surface area contributed by atoms with Gasteiger partial charge in [-0.1, -0.05) is 0 Å². The molecular weight excluding hydrogens is 350 g/mol. The highest BCUT2D eigenvalue weighted by atomic mass is 79.9. The number of aliphatic imine (C=N–C) groups is 1. The van der Waals surface area contributed by atoms with Crippen LogP contribution < -0.4 is 4.74 Å². The summed E-state index contributed by atoms with van der Waals surface area (Å²) in [5, 5.41) is 0. The van der Waals surface area contributed by atoms with Gasteiger partial charge in [0.25, 0.3) is 0 Å². The van der Waals surface area contributed by atoms with Crippen molar-refractivity contribution in [1.29, 1.82) is 0 Å². The topological polar surface area (TPSA) is 37.7 Å². The van der Waals surface area contributed by atoms with Crippen LogP contribution in [0.1, 0.15) is 25.5 Å². The third-order valence-corrected chi connectivity index (χ3v) is 5.06.